The average molecular weight is 491 g/mol. The van der Waals surface area contributed by atoms with Crippen molar-refractivity contribution in [3.63, 3.8) is 0 Å². The van der Waals surface area contributed by atoms with Crippen LogP contribution in [-0.2, 0) is 15.0 Å². The zero-order chi connectivity index (χ0) is 23.5. The molecule has 1 aliphatic carbocycles. The molecule has 2 aromatic rings. The number of aliphatic carboxylic acids is 1. The molecule has 0 bridgehead atoms. The van der Waals surface area contributed by atoms with Gasteiger partial charge in [-0.25, -0.2) is 4.39 Å². The molecule has 1 saturated carbocycles. The fourth-order valence-corrected chi connectivity index (χ4v) is 7.39. The van der Waals surface area contributed by atoms with Gasteiger partial charge in [-0.15, -0.1) is 0 Å². The highest BCUT2D eigenvalue weighted by Crippen LogP contribution is 2.66. The highest BCUT2D eigenvalue weighted by Gasteiger charge is 2.75. The second-order valence-corrected chi connectivity index (χ2v) is 10.1. The molecule has 2 aliphatic heterocycles. The smallest absolute Gasteiger partial charge is 0.321 e. The molecule has 2 spiro atoms. The number of carbonyl (C=O) groups is 2. The summed E-state index contributed by atoms with van der Waals surface area (Å²) in [5.41, 5.74) is -0.657. The van der Waals surface area contributed by atoms with E-state index in [4.69, 9.17) is 23.2 Å². The highest BCUT2D eigenvalue weighted by molar-refractivity contribution is 6.31. The van der Waals surface area contributed by atoms with Crippen LogP contribution in [0.5, 0.6) is 0 Å². The first-order valence-corrected chi connectivity index (χ1v) is 12.1. The van der Waals surface area contributed by atoms with Crippen LogP contribution in [0, 0.1) is 5.82 Å². The third kappa shape index (κ3) is 2.87. The monoisotopic (exact) mass is 490 g/mol. The van der Waals surface area contributed by atoms with Gasteiger partial charge < -0.3 is 10.4 Å². The first kappa shape index (κ1) is 22.6. The molecule has 0 unspecified atom stereocenters. The van der Waals surface area contributed by atoms with Crippen LogP contribution in [0.1, 0.15) is 56.1 Å². The molecule has 174 valence electrons. The molecule has 2 heterocycles. The Bertz CT molecular complexity index is 1150. The van der Waals surface area contributed by atoms with Crippen molar-refractivity contribution in [2.75, 3.05) is 11.9 Å². The van der Waals surface area contributed by atoms with Crippen molar-refractivity contribution in [2.24, 2.45) is 0 Å². The Hall–Kier alpha value is -2.15. The quantitative estimate of drug-likeness (QED) is 0.587. The van der Waals surface area contributed by atoms with Crippen molar-refractivity contribution in [3.8, 4) is 0 Å². The lowest BCUT2D eigenvalue weighted by molar-refractivity contribution is -0.144. The minimum atomic E-state index is -1.29. The SMILES string of the molecule is CCN1[C@@H](C(=O)O)[C@H](c2cccc(Cl)c2F)[C@]2(C(=O)Nc3cc(Cl)ccc32)C12CCCCC2. The summed E-state index contributed by atoms with van der Waals surface area (Å²) in [5, 5.41) is 13.9. The number of anilines is 1. The summed E-state index contributed by atoms with van der Waals surface area (Å²) in [6.45, 7) is 2.33. The van der Waals surface area contributed by atoms with Crippen LogP contribution in [0.4, 0.5) is 10.1 Å². The van der Waals surface area contributed by atoms with Gasteiger partial charge in [0.15, 0.2) is 0 Å². The van der Waals surface area contributed by atoms with Crippen LogP contribution >= 0.6 is 23.2 Å². The van der Waals surface area contributed by atoms with Gasteiger partial charge in [-0.1, -0.05) is 67.6 Å². The van der Waals surface area contributed by atoms with E-state index in [-0.39, 0.29) is 16.5 Å². The fourth-order valence-electron chi connectivity index (χ4n) is 7.03. The first-order valence-electron chi connectivity index (χ1n) is 11.3. The molecular formula is C25H25Cl2FN2O3. The standard InChI is InChI=1S/C25H25Cl2FN2O3/c1-2-30-21(22(31)32)19(15-7-6-8-17(27)20(15)28)25(24(30)11-4-3-5-12-24)16-10-9-14(26)13-18(16)29-23(25)33/h6-10,13,19,21H,2-5,11-12H2,1H3,(H,29,33)(H,31,32)/t19-,21+,25+/m0/s1. The molecule has 1 amide bonds. The second kappa shape index (κ2) is 7.97. The maximum atomic E-state index is 15.6. The van der Waals surface area contributed by atoms with Crippen LogP contribution in [0.25, 0.3) is 0 Å². The number of nitrogens with one attached hydrogen (secondary N) is 1. The average Bonchev–Trinajstić information content (AvgIpc) is 3.21. The number of carbonyl (C=O) groups excluding carboxylic acids is 1. The number of fused-ring (bicyclic) bond motifs is 3. The maximum absolute atomic E-state index is 15.6. The lowest BCUT2D eigenvalue weighted by Gasteiger charge is -2.50. The first-order chi connectivity index (χ1) is 15.8. The predicted molar refractivity (Wildman–Crippen MR) is 126 cm³/mol. The van der Waals surface area contributed by atoms with Gasteiger partial charge in [-0.05, 0) is 48.7 Å². The molecule has 33 heavy (non-hydrogen) atoms. The molecule has 0 aromatic heterocycles. The number of carboxylic acid groups (broad SMARTS) is 1. The van der Waals surface area contributed by atoms with Gasteiger partial charge in [0.1, 0.15) is 17.3 Å². The summed E-state index contributed by atoms with van der Waals surface area (Å²) in [6.07, 6.45) is 4.05. The number of hydrogen-bond acceptors (Lipinski definition) is 3. The van der Waals surface area contributed by atoms with E-state index in [1.165, 1.54) is 6.07 Å². The van der Waals surface area contributed by atoms with Crippen molar-refractivity contribution >= 4 is 40.8 Å². The van der Waals surface area contributed by atoms with Crippen LogP contribution in [-0.4, -0.2) is 40.0 Å². The van der Waals surface area contributed by atoms with Crippen molar-refractivity contribution in [2.45, 2.75) is 61.9 Å². The van der Waals surface area contributed by atoms with E-state index in [0.717, 1.165) is 19.3 Å². The van der Waals surface area contributed by atoms with Crippen molar-refractivity contribution in [1.82, 2.24) is 4.90 Å². The number of nitrogens with zero attached hydrogens (tertiary/aromatic N) is 1. The number of carboxylic acids is 1. The van der Waals surface area contributed by atoms with Gasteiger partial charge in [0.25, 0.3) is 0 Å². The number of likely N-dealkylation sites (N-methyl/N-ethyl adjacent to an activating group) is 1. The van der Waals surface area contributed by atoms with Gasteiger partial charge in [0.05, 0.1) is 5.02 Å². The molecule has 3 aliphatic rings. The number of likely N-dealkylation sites (tertiary alicyclic amines) is 1. The van der Waals surface area contributed by atoms with Crippen LogP contribution in [0.15, 0.2) is 36.4 Å². The van der Waals surface area contributed by atoms with E-state index >= 15 is 4.39 Å². The van der Waals surface area contributed by atoms with Gasteiger partial charge in [0.2, 0.25) is 5.91 Å². The van der Waals surface area contributed by atoms with Crippen molar-refractivity contribution < 1.29 is 19.1 Å². The number of hydrogen-bond donors (Lipinski definition) is 2. The number of amides is 1. The zero-order valence-electron chi connectivity index (χ0n) is 18.2. The predicted octanol–water partition coefficient (Wildman–Crippen LogP) is 5.60. The molecular weight excluding hydrogens is 466 g/mol. The van der Waals surface area contributed by atoms with Gasteiger partial charge in [-0.2, -0.15) is 0 Å². The lowest BCUT2D eigenvalue weighted by atomic mass is 9.55. The van der Waals surface area contributed by atoms with Gasteiger partial charge in [-0.3, -0.25) is 14.5 Å². The second-order valence-electron chi connectivity index (χ2n) is 9.23. The molecule has 3 atom stereocenters. The van der Waals surface area contributed by atoms with Crippen LogP contribution in [0.3, 0.4) is 0 Å². The molecule has 2 fully saturated rings. The van der Waals surface area contributed by atoms with E-state index in [0.29, 0.717) is 35.7 Å². The van der Waals surface area contributed by atoms with Crippen LogP contribution in [0.2, 0.25) is 10.0 Å². The summed E-state index contributed by atoms with van der Waals surface area (Å²) < 4.78 is 15.6. The molecule has 2 aromatic carbocycles. The Kier molecular flexibility index (Phi) is 5.46. The Balaban J connectivity index is 1.91. The molecule has 8 heteroatoms. The highest BCUT2D eigenvalue weighted by atomic mass is 35.5. The molecule has 2 N–H and O–H groups in total. The minimum Gasteiger partial charge on any atom is -0.480 e. The Labute approximate surface area is 201 Å². The molecule has 1 saturated heterocycles. The fraction of sp³-hybridized carbons (Fsp3) is 0.440. The van der Waals surface area contributed by atoms with E-state index in [9.17, 15) is 14.7 Å². The summed E-state index contributed by atoms with van der Waals surface area (Å²) >= 11 is 12.4. The molecule has 5 rings (SSSR count). The zero-order valence-corrected chi connectivity index (χ0v) is 19.7. The Morgan fingerprint density at radius 1 is 1.21 bits per heavy atom. The number of rotatable bonds is 3. The number of halogens is 3. The Morgan fingerprint density at radius 3 is 2.61 bits per heavy atom. The largest absolute Gasteiger partial charge is 0.480 e. The normalized spacial score (nSPS) is 28.3. The third-order valence-electron chi connectivity index (χ3n) is 8.01. The minimum absolute atomic E-state index is 0.0887. The van der Waals surface area contributed by atoms with Gasteiger partial charge >= 0.3 is 5.97 Å². The lowest BCUT2D eigenvalue weighted by Crippen LogP contribution is -2.61. The van der Waals surface area contributed by atoms with E-state index in [1.807, 2.05) is 11.8 Å². The summed E-state index contributed by atoms with van der Waals surface area (Å²) in [7, 11) is 0. The summed E-state index contributed by atoms with van der Waals surface area (Å²) in [5.74, 6) is -3.01. The number of benzene rings is 2. The third-order valence-corrected chi connectivity index (χ3v) is 8.53. The van der Waals surface area contributed by atoms with Crippen molar-refractivity contribution in [3.05, 3.63) is 63.4 Å². The Morgan fingerprint density at radius 2 is 1.94 bits per heavy atom. The molecule has 0 radical (unpaired) electrons. The topological polar surface area (TPSA) is 69.6 Å². The summed E-state index contributed by atoms with van der Waals surface area (Å²) in [4.78, 5) is 28.9. The molecule has 5 nitrogen and oxygen atoms in total. The van der Waals surface area contributed by atoms with Crippen molar-refractivity contribution in [1.29, 1.82) is 0 Å². The van der Waals surface area contributed by atoms with Gasteiger partial charge in [0, 0.05) is 22.2 Å². The van der Waals surface area contributed by atoms with E-state index in [1.54, 1.807) is 30.3 Å². The maximum Gasteiger partial charge on any atom is 0.321 e. The van der Waals surface area contributed by atoms with E-state index in [2.05, 4.69) is 5.32 Å². The van der Waals surface area contributed by atoms with E-state index < -0.39 is 34.7 Å². The van der Waals surface area contributed by atoms with Crippen LogP contribution < -0.4 is 5.32 Å². The summed E-state index contributed by atoms with van der Waals surface area (Å²) in [6, 6.07) is 8.75.